The first-order valence-electron chi connectivity index (χ1n) is 6.22. The van der Waals surface area contributed by atoms with E-state index in [2.05, 4.69) is 15.9 Å². The zero-order chi connectivity index (χ0) is 15.6. The molecule has 2 rings (SSSR count). The molecule has 0 aliphatic heterocycles. The van der Waals surface area contributed by atoms with E-state index < -0.39 is 6.10 Å². The second-order valence-electron chi connectivity index (χ2n) is 4.63. The minimum absolute atomic E-state index is 0.255. The first-order valence-corrected chi connectivity index (χ1v) is 8.14. The summed E-state index contributed by atoms with van der Waals surface area (Å²) in [4.78, 5) is 0. The Hall–Kier alpha value is -0.290. The Labute approximate surface area is 146 Å². The summed E-state index contributed by atoms with van der Waals surface area (Å²) < 4.78 is 0.849. The lowest BCUT2D eigenvalue weighted by Gasteiger charge is -2.23. The van der Waals surface area contributed by atoms with Crippen LogP contribution in [0.4, 0.5) is 0 Å². The molecule has 0 radical (unpaired) electrons. The largest absolute Gasteiger partial charge is 0.388 e. The van der Waals surface area contributed by atoms with Gasteiger partial charge in [0.1, 0.15) is 0 Å². The summed E-state index contributed by atoms with van der Waals surface area (Å²) in [5, 5.41) is 12.0. The number of halogens is 4. The summed E-state index contributed by atoms with van der Waals surface area (Å²) in [5.74, 6) is -0.321. The molecule has 0 aliphatic carbocycles. The minimum Gasteiger partial charge on any atom is -0.388 e. The van der Waals surface area contributed by atoms with E-state index in [1.807, 2.05) is 12.1 Å². The quantitative estimate of drug-likeness (QED) is 0.730. The van der Waals surface area contributed by atoms with Crippen LogP contribution in [0.3, 0.4) is 0 Å². The third-order valence-corrected chi connectivity index (χ3v) is 4.85. The molecule has 0 fully saturated rings. The molecule has 0 heterocycles. The van der Waals surface area contributed by atoms with Crippen molar-refractivity contribution in [1.82, 2.24) is 0 Å². The van der Waals surface area contributed by atoms with Gasteiger partial charge in [-0.1, -0.05) is 62.9 Å². The maximum Gasteiger partial charge on any atom is 0.0885 e. The monoisotopic (exact) mass is 407 g/mol. The zero-order valence-electron chi connectivity index (χ0n) is 10.9. The Morgan fingerprint density at radius 2 is 1.71 bits per heavy atom. The molecule has 0 aromatic heterocycles. The highest BCUT2D eigenvalue weighted by molar-refractivity contribution is 9.10. The van der Waals surface area contributed by atoms with Gasteiger partial charge in [0.05, 0.1) is 16.1 Å². The van der Waals surface area contributed by atoms with Gasteiger partial charge in [-0.3, -0.25) is 0 Å². The summed E-state index contributed by atoms with van der Waals surface area (Å²) >= 11 is 21.5. The molecule has 3 N–H and O–H groups in total. The van der Waals surface area contributed by atoms with Crippen LogP contribution >= 0.6 is 50.7 Å². The van der Waals surface area contributed by atoms with Gasteiger partial charge in [0, 0.05) is 22.0 Å². The van der Waals surface area contributed by atoms with E-state index in [1.54, 1.807) is 24.3 Å². The molecular weight excluding hydrogens is 396 g/mol. The van der Waals surface area contributed by atoms with Gasteiger partial charge in [-0.15, -0.1) is 0 Å². The van der Waals surface area contributed by atoms with Crippen LogP contribution in [0.15, 0.2) is 40.9 Å². The molecule has 2 atom stereocenters. The predicted octanol–water partition coefficient (Wildman–Crippen LogP) is 5.19. The Kier molecular flexibility index (Phi) is 5.95. The molecule has 6 heteroatoms. The number of hydrogen-bond donors (Lipinski definition) is 2. The smallest absolute Gasteiger partial charge is 0.0885 e. The van der Waals surface area contributed by atoms with Gasteiger partial charge >= 0.3 is 0 Å². The van der Waals surface area contributed by atoms with E-state index in [9.17, 15) is 5.11 Å². The number of hydrogen-bond acceptors (Lipinski definition) is 2. The number of nitrogens with two attached hydrogens (primary N) is 1. The summed E-state index contributed by atoms with van der Waals surface area (Å²) in [6.07, 6.45) is -0.826. The van der Waals surface area contributed by atoms with Crippen molar-refractivity contribution in [3.05, 3.63) is 67.1 Å². The van der Waals surface area contributed by atoms with E-state index >= 15 is 0 Å². The van der Waals surface area contributed by atoms with Crippen LogP contribution in [0.2, 0.25) is 15.1 Å². The van der Waals surface area contributed by atoms with Crippen molar-refractivity contribution in [2.75, 3.05) is 6.54 Å². The van der Waals surface area contributed by atoms with Crippen LogP contribution in [0.5, 0.6) is 0 Å². The molecule has 21 heavy (non-hydrogen) atoms. The van der Waals surface area contributed by atoms with Crippen molar-refractivity contribution in [1.29, 1.82) is 0 Å². The van der Waals surface area contributed by atoms with Gasteiger partial charge in [0.25, 0.3) is 0 Å². The fourth-order valence-corrected chi connectivity index (χ4v) is 3.24. The average molecular weight is 410 g/mol. The normalized spacial score (nSPS) is 14.0. The Balaban J connectivity index is 2.37. The van der Waals surface area contributed by atoms with E-state index in [1.165, 1.54) is 0 Å². The first-order chi connectivity index (χ1) is 9.93. The van der Waals surface area contributed by atoms with Crippen molar-refractivity contribution in [3.63, 3.8) is 0 Å². The number of aliphatic hydroxyl groups excluding tert-OH is 1. The Bertz CT molecular complexity index is 651. The molecule has 2 unspecified atom stereocenters. The molecule has 0 amide bonds. The second kappa shape index (κ2) is 7.32. The molecule has 0 saturated carbocycles. The predicted molar refractivity (Wildman–Crippen MR) is 92.4 cm³/mol. The fraction of sp³-hybridized carbons (Fsp3) is 0.200. The van der Waals surface area contributed by atoms with Crippen molar-refractivity contribution in [2.24, 2.45) is 5.73 Å². The van der Waals surface area contributed by atoms with Crippen LogP contribution in [-0.4, -0.2) is 11.7 Å². The van der Waals surface area contributed by atoms with Crippen LogP contribution in [0.1, 0.15) is 23.1 Å². The van der Waals surface area contributed by atoms with E-state index in [0.29, 0.717) is 20.6 Å². The molecular formula is C15H13BrCl3NO. The van der Waals surface area contributed by atoms with Gasteiger partial charge in [-0.25, -0.2) is 0 Å². The molecule has 2 nitrogen and oxygen atoms in total. The first kappa shape index (κ1) is 17.1. The Morgan fingerprint density at radius 3 is 2.29 bits per heavy atom. The molecule has 0 aliphatic rings. The summed E-state index contributed by atoms with van der Waals surface area (Å²) in [6.45, 7) is 0.255. The van der Waals surface area contributed by atoms with Crippen LogP contribution in [-0.2, 0) is 0 Å². The van der Waals surface area contributed by atoms with Crippen molar-refractivity contribution in [2.45, 2.75) is 12.0 Å². The van der Waals surface area contributed by atoms with Gasteiger partial charge < -0.3 is 10.8 Å². The third kappa shape index (κ3) is 3.92. The lowest BCUT2D eigenvalue weighted by molar-refractivity contribution is 0.147. The number of rotatable bonds is 4. The van der Waals surface area contributed by atoms with Gasteiger partial charge in [0.2, 0.25) is 0 Å². The van der Waals surface area contributed by atoms with Crippen LogP contribution in [0.25, 0.3) is 0 Å². The average Bonchev–Trinajstić information content (AvgIpc) is 2.43. The van der Waals surface area contributed by atoms with Crippen LogP contribution < -0.4 is 5.73 Å². The molecule has 0 saturated heterocycles. The lowest BCUT2D eigenvalue weighted by atomic mass is 9.89. The summed E-state index contributed by atoms with van der Waals surface area (Å²) in [6, 6.07) is 10.6. The second-order valence-corrected chi connectivity index (χ2v) is 6.76. The summed E-state index contributed by atoms with van der Waals surface area (Å²) in [7, 11) is 0. The van der Waals surface area contributed by atoms with Gasteiger partial charge in [-0.05, 0) is 35.4 Å². The van der Waals surface area contributed by atoms with Crippen LogP contribution in [0, 0.1) is 0 Å². The number of benzene rings is 2. The van der Waals surface area contributed by atoms with E-state index in [-0.39, 0.29) is 12.5 Å². The van der Waals surface area contributed by atoms with Crippen molar-refractivity contribution < 1.29 is 5.11 Å². The standard InChI is InChI=1S/C15H13BrCl3NO/c16-9-2-3-10(13(18)6-9)15(21)11(7-20)8-1-4-12(17)14(19)5-8/h1-6,11,15,21H,7,20H2. The van der Waals surface area contributed by atoms with Gasteiger partial charge in [-0.2, -0.15) is 0 Å². The molecule has 0 bridgehead atoms. The van der Waals surface area contributed by atoms with E-state index in [4.69, 9.17) is 40.5 Å². The maximum absolute atomic E-state index is 10.6. The molecule has 112 valence electrons. The summed E-state index contributed by atoms with van der Waals surface area (Å²) in [5.41, 5.74) is 7.27. The SMILES string of the molecule is NCC(c1ccc(Cl)c(Cl)c1)C(O)c1ccc(Br)cc1Cl. The maximum atomic E-state index is 10.6. The molecule has 2 aromatic carbocycles. The van der Waals surface area contributed by atoms with E-state index in [0.717, 1.165) is 10.0 Å². The van der Waals surface area contributed by atoms with Crippen molar-refractivity contribution in [3.8, 4) is 0 Å². The molecule has 2 aromatic rings. The lowest BCUT2D eigenvalue weighted by Crippen LogP contribution is -2.20. The van der Waals surface area contributed by atoms with Gasteiger partial charge in [0.15, 0.2) is 0 Å². The minimum atomic E-state index is -0.826. The topological polar surface area (TPSA) is 46.2 Å². The molecule has 0 spiro atoms. The number of aliphatic hydroxyl groups is 1. The highest BCUT2D eigenvalue weighted by Crippen LogP contribution is 2.36. The zero-order valence-corrected chi connectivity index (χ0v) is 14.7. The fourth-order valence-electron chi connectivity index (χ4n) is 2.15. The highest BCUT2D eigenvalue weighted by atomic mass is 79.9. The third-order valence-electron chi connectivity index (χ3n) is 3.29. The Morgan fingerprint density at radius 1 is 1.00 bits per heavy atom. The highest BCUT2D eigenvalue weighted by Gasteiger charge is 2.24. The van der Waals surface area contributed by atoms with Crippen molar-refractivity contribution >= 4 is 50.7 Å².